The van der Waals surface area contributed by atoms with E-state index in [9.17, 15) is 9.59 Å². The van der Waals surface area contributed by atoms with E-state index in [0.29, 0.717) is 33.3 Å². The van der Waals surface area contributed by atoms with Crippen molar-refractivity contribution in [2.75, 3.05) is 12.4 Å². The summed E-state index contributed by atoms with van der Waals surface area (Å²) in [6.07, 6.45) is 6.41. The first kappa shape index (κ1) is 25.2. The van der Waals surface area contributed by atoms with Gasteiger partial charge in [-0.15, -0.1) is 5.10 Å². The zero-order valence-electron chi connectivity index (χ0n) is 20.5. The van der Waals surface area contributed by atoms with Crippen molar-refractivity contribution in [1.82, 2.24) is 29.3 Å². The van der Waals surface area contributed by atoms with Gasteiger partial charge in [0.2, 0.25) is 0 Å². The Hall–Kier alpha value is -4.41. The molecule has 0 fully saturated rings. The zero-order valence-corrected chi connectivity index (χ0v) is 22.0. The molecule has 38 heavy (non-hydrogen) atoms. The molecule has 0 radical (unpaired) electrons. The summed E-state index contributed by atoms with van der Waals surface area (Å²) in [5.74, 6) is -0.128. The standard InChI is InChI=1S/C26H21Cl2N7O3/c1-4-21(26(37)29-17-6-7-20-15(9-17)12-33(2)31-20)34-13-23(38-3)19(11-25(34)36)18-10-16(27)5-8-22(18)35-14-24(28)30-32-35/h4-14H,1-3H3,(H,29,37)/b21-4+. The number of rotatable bonds is 6. The molecule has 0 bridgehead atoms. The van der Waals surface area contributed by atoms with Gasteiger partial charge in [-0.3, -0.25) is 18.8 Å². The fourth-order valence-electron chi connectivity index (χ4n) is 4.16. The lowest BCUT2D eigenvalue weighted by Crippen LogP contribution is -2.26. The molecule has 0 atom stereocenters. The van der Waals surface area contributed by atoms with Crippen LogP contribution < -0.4 is 15.6 Å². The van der Waals surface area contributed by atoms with Gasteiger partial charge in [0.1, 0.15) is 11.4 Å². The molecule has 5 aromatic rings. The van der Waals surface area contributed by atoms with Gasteiger partial charge in [-0.2, -0.15) is 5.10 Å². The summed E-state index contributed by atoms with van der Waals surface area (Å²) in [6.45, 7) is 1.68. The normalized spacial score (nSPS) is 11.7. The number of aryl methyl sites for hydroxylation is 1. The molecule has 10 nitrogen and oxygen atoms in total. The second-order valence-electron chi connectivity index (χ2n) is 8.32. The fraction of sp³-hybridized carbons (Fsp3) is 0.115. The number of methoxy groups -OCH3 is 1. The number of amides is 1. The number of benzene rings is 2. The van der Waals surface area contributed by atoms with E-state index in [0.717, 1.165) is 10.9 Å². The van der Waals surface area contributed by atoms with Gasteiger partial charge in [0.15, 0.2) is 5.15 Å². The zero-order chi connectivity index (χ0) is 27.0. The molecule has 2 aromatic carbocycles. The van der Waals surface area contributed by atoms with Gasteiger partial charge < -0.3 is 10.1 Å². The van der Waals surface area contributed by atoms with Crippen LogP contribution in [0.4, 0.5) is 5.69 Å². The quantitative estimate of drug-likeness (QED) is 0.305. The van der Waals surface area contributed by atoms with E-state index in [4.69, 9.17) is 27.9 Å². The summed E-state index contributed by atoms with van der Waals surface area (Å²) in [4.78, 5) is 26.6. The van der Waals surface area contributed by atoms with E-state index in [2.05, 4.69) is 20.7 Å². The highest BCUT2D eigenvalue weighted by molar-refractivity contribution is 6.31. The van der Waals surface area contributed by atoms with Crippen LogP contribution in [-0.4, -0.2) is 42.4 Å². The molecule has 0 aliphatic carbocycles. The van der Waals surface area contributed by atoms with Crippen molar-refractivity contribution in [3.8, 4) is 22.6 Å². The maximum absolute atomic E-state index is 13.3. The van der Waals surface area contributed by atoms with Crippen LogP contribution in [0.3, 0.4) is 0 Å². The average Bonchev–Trinajstić information content (AvgIpc) is 3.49. The van der Waals surface area contributed by atoms with Crippen molar-refractivity contribution in [3.05, 3.63) is 87.7 Å². The Balaban J connectivity index is 1.53. The number of pyridine rings is 1. The summed E-state index contributed by atoms with van der Waals surface area (Å²) in [5, 5.41) is 16.6. The number of allylic oxidation sites excluding steroid dienone is 1. The van der Waals surface area contributed by atoms with Crippen LogP contribution in [0.1, 0.15) is 6.92 Å². The SMILES string of the molecule is C/C=C(\C(=O)Nc1ccc2nn(C)cc2c1)n1cc(OC)c(-c2cc(Cl)ccc2-n2cc(Cl)nn2)cc1=O. The molecule has 1 N–H and O–H groups in total. The van der Waals surface area contributed by atoms with Gasteiger partial charge in [-0.05, 0) is 43.3 Å². The van der Waals surface area contributed by atoms with Crippen LogP contribution in [-0.2, 0) is 11.8 Å². The molecule has 12 heteroatoms. The number of nitrogens with zero attached hydrogens (tertiary/aromatic N) is 6. The molecule has 0 aliphatic rings. The lowest BCUT2D eigenvalue weighted by atomic mass is 10.0. The van der Waals surface area contributed by atoms with Crippen molar-refractivity contribution < 1.29 is 9.53 Å². The first-order chi connectivity index (χ1) is 18.3. The topological polar surface area (TPSA) is 109 Å². The third-order valence-corrected chi connectivity index (χ3v) is 6.25. The predicted octanol–water partition coefficient (Wildman–Crippen LogP) is 4.80. The summed E-state index contributed by atoms with van der Waals surface area (Å²) < 4.78 is 10.0. The Morgan fingerprint density at radius 3 is 2.58 bits per heavy atom. The number of ether oxygens (including phenoxy) is 1. The molecule has 192 valence electrons. The lowest BCUT2D eigenvalue weighted by molar-refractivity contribution is -0.111. The van der Waals surface area contributed by atoms with Gasteiger partial charge in [0, 0.05) is 46.5 Å². The minimum Gasteiger partial charge on any atom is -0.495 e. The minimum absolute atomic E-state index is 0.125. The molecule has 3 aromatic heterocycles. The third-order valence-electron chi connectivity index (χ3n) is 5.84. The van der Waals surface area contributed by atoms with E-state index < -0.39 is 11.5 Å². The maximum atomic E-state index is 13.3. The van der Waals surface area contributed by atoms with Crippen LogP contribution in [0.5, 0.6) is 5.75 Å². The number of hydrogen-bond donors (Lipinski definition) is 1. The molecule has 1 amide bonds. The summed E-state index contributed by atoms with van der Waals surface area (Å²) >= 11 is 12.3. The molecule has 5 rings (SSSR count). The van der Waals surface area contributed by atoms with Crippen LogP contribution in [0.15, 0.2) is 71.9 Å². The lowest BCUT2D eigenvalue weighted by Gasteiger charge is -2.17. The van der Waals surface area contributed by atoms with Gasteiger partial charge in [-0.1, -0.05) is 34.5 Å². The largest absolute Gasteiger partial charge is 0.495 e. The average molecular weight is 550 g/mol. The van der Waals surface area contributed by atoms with Crippen LogP contribution in [0.2, 0.25) is 10.2 Å². The Morgan fingerprint density at radius 2 is 1.87 bits per heavy atom. The molecular formula is C26H21Cl2N7O3. The van der Waals surface area contributed by atoms with E-state index in [1.54, 1.807) is 41.9 Å². The third kappa shape index (κ3) is 4.79. The van der Waals surface area contributed by atoms with Crippen LogP contribution in [0.25, 0.3) is 33.4 Å². The number of halogens is 2. The molecule has 0 unspecified atom stereocenters. The molecule has 0 spiro atoms. The van der Waals surface area contributed by atoms with Crippen LogP contribution >= 0.6 is 23.2 Å². The second-order valence-corrected chi connectivity index (χ2v) is 9.14. The number of carbonyl (C=O) groups excluding carboxylic acids is 1. The Morgan fingerprint density at radius 1 is 1.05 bits per heavy atom. The van der Waals surface area contributed by atoms with E-state index in [1.807, 2.05) is 25.4 Å². The number of carbonyl (C=O) groups is 1. The number of fused-ring (bicyclic) bond motifs is 1. The highest BCUT2D eigenvalue weighted by Gasteiger charge is 2.20. The van der Waals surface area contributed by atoms with Crippen molar-refractivity contribution in [2.24, 2.45) is 7.05 Å². The number of anilines is 1. The highest BCUT2D eigenvalue weighted by Crippen LogP contribution is 2.35. The summed E-state index contributed by atoms with van der Waals surface area (Å²) in [5.41, 5.74) is 2.66. The van der Waals surface area contributed by atoms with Gasteiger partial charge in [-0.25, -0.2) is 4.68 Å². The molecule has 3 heterocycles. The van der Waals surface area contributed by atoms with Crippen LogP contribution in [0, 0.1) is 0 Å². The van der Waals surface area contributed by atoms with E-state index in [1.165, 1.54) is 34.8 Å². The first-order valence-corrected chi connectivity index (χ1v) is 12.1. The fourth-order valence-corrected chi connectivity index (χ4v) is 4.46. The van der Waals surface area contributed by atoms with E-state index in [-0.39, 0.29) is 10.9 Å². The monoisotopic (exact) mass is 549 g/mol. The van der Waals surface area contributed by atoms with Gasteiger partial charge >= 0.3 is 0 Å². The predicted molar refractivity (Wildman–Crippen MR) is 147 cm³/mol. The molecule has 0 aliphatic heterocycles. The smallest absolute Gasteiger partial charge is 0.272 e. The minimum atomic E-state index is -0.464. The van der Waals surface area contributed by atoms with Crippen molar-refractivity contribution >= 4 is 51.4 Å². The Bertz CT molecular complexity index is 1790. The molecular weight excluding hydrogens is 529 g/mol. The number of hydrogen-bond acceptors (Lipinski definition) is 6. The van der Waals surface area contributed by atoms with Crippen molar-refractivity contribution in [1.29, 1.82) is 0 Å². The summed E-state index contributed by atoms with van der Waals surface area (Å²) in [7, 11) is 3.30. The van der Waals surface area contributed by atoms with Gasteiger partial charge in [0.25, 0.3) is 11.5 Å². The number of aromatic nitrogens is 6. The van der Waals surface area contributed by atoms with Crippen molar-refractivity contribution in [2.45, 2.75) is 6.92 Å². The van der Waals surface area contributed by atoms with E-state index >= 15 is 0 Å². The molecule has 0 saturated heterocycles. The Kier molecular flexibility index (Phi) is 6.75. The van der Waals surface area contributed by atoms with Crippen molar-refractivity contribution in [3.63, 3.8) is 0 Å². The second kappa shape index (κ2) is 10.2. The number of nitrogens with one attached hydrogen (secondary N) is 1. The first-order valence-electron chi connectivity index (χ1n) is 11.4. The molecule has 0 saturated carbocycles. The summed E-state index contributed by atoms with van der Waals surface area (Å²) in [6, 6.07) is 11.9. The van der Waals surface area contributed by atoms with Gasteiger partial charge in [0.05, 0.1) is 30.7 Å². The maximum Gasteiger partial charge on any atom is 0.272 e. The Labute approximate surface area is 226 Å². The highest BCUT2D eigenvalue weighted by atomic mass is 35.5.